The van der Waals surface area contributed by atoms with Crippen molar-refractivity contribution >= 4 is 0 Å². The maximum absolute atomic E-state index is 12.6. The largest absolute Gasteiger partial charge is 0.416 e. The van der Waals surface area contributed by atoms with Gasteiger partial charge in [0.1, 0.15) is 0 Å². The van der Waals surface area contributed by atoms with Crippen LogP contribution >= 0.6 is 0 Å². The molecule has 0 saturated heterocycles. The van der Waals surface area contributed by atoms with Crippen molar-refractivity contribution in [2.75, 3.05) is 0 Å². The summed E-state index contributed by atoms with van der Waals surface area (Å²) in [5, 5.41) is 4.02. The fraction of sp³-hybridized carbons (Fsp3) is 0.529. The van der Waals surface area contributed by atoms with Crippen LogP contribution < -0.4 is 5.73 Å². The third-order valence-corrected chi connectivity index (χ3v) is 4.63. The van der Waals surface area contributed by atoms with E-state index in [9.17, 15) is 13.2 Å². The molecule has 1 aliphatic rings. The first-order valence-electron chi connectivity index (χ1n) is 8.07. The molecule has 2 aromatic rings. The van der Waals surface area contributed by atoms with E-state index in [-0.39, 0.29) is 5.92 Å². The van der Waals surface area contributed by atoms with Gasteiger partial charge in [-0.05, 0) is 37.0 Å². The zero-order valence-electron chi connectivity index (χ0n) is 13.4. The topological polar surface area (TPSA) is 64.9 Å². The maximum Gasteiger partial charge on any atom is 0.416 e. The van der Waals surface area contributed by atoms with Crippen LogP contribution in [0.25, 0.3) is 0 Å². The summed E-state index contributed by atoms with van der Waals surface area (Å²) < 4.78 is 43.1. The van der Waals surface area contributed by atoms with E-state index in [1.165, 1.54) is 12.1 Å². The van der Waals surface area contributed by atoms with Crippen LogP contribution in [0, 0.1) is 0 Å². The molecule has 0 radical (unpaired) electrons. The first-order chi connectivity index (χ1) is 11.3. The highest BCUT2D eigenvalue weighted by molar-refractivity contribution is 5.25. The van der Waals surface area contributed by atoms with E-state index in [2.05, 4.69) is 10.1 Å². The Kier molecular flexibility index (Phi) is 4.38. The smallest absolute Gasteiger partial charge is 0.339 e. The Morgan fingerprint density at radius 3 is 2.42 bits per heavy atom. The highest BCUT2D eigenvalue weighted by atomic mass is 19.4. The van der Waals surface area contributed by atoms with Crippen LogP contribution in [-0.4, -0.2) is 10.1 Å². The Hall–Kier alpha value is -1.89. The lowest BCUT2D eigenvalue weighted by atomic mass is 9.98. The molecule has 130 valence electrons. The van der Waals surface area contributed by atoms with Gasteiger partial charge in [-0.1, -0.05) is 37.1 Å². The van der Waals surface area contributed by atoms with Gasteiger partial charge in [-0.2, -0.15) is 18.2 Å². The fourth-order valence-electron chi connectivity index (χ4n) is 3.14. The minimum atomic E-state index is -4.32. The van der Waals surface area contributed by atoms with Crippen molar-refractivity contribution in [2.45, 2.75) is 56.7 Å². The Bertz CT molecular complexity index is 688. The van der Waals surface area contributed by atoms with Gasteiger partial charge in [0.25, 0.3) is 0 Å². The summed E-state index contributed by atoms with van der Waals surface area (Å²) in [5.74, 6) is 0.920. The Morgan fingerprint density at radius 1 is 1.21 bits per heavy atom. The average molecular weight is 339 g/mol. The molecule has 1 aromatic heterocycles. The van der Waals surface area contributed by atoms with Crippen molar-refractivity contribution in [2.24, 2.45) is 5.73 Å². The molecular weight excluding hydrogens is 319 g/mol. The van der Waals surface area contributed by atoms with E-state index in [4.69, 9.17) is 10.3 Å². The Balaban J connectivity index is 1.69. The van der Waals surface area contributed by atoms with Gasteiger partial charge >= 0.3 is 6.18 Å². The summed E-state index contributed by atoms with van der Waals surface area (Å²) in [5.41, 5.74) is 5.95. The number of hydrogen-bond donors (Lipinski definition) is 1. The molecule has 0 aliphatic heterocycles. The number of hydrogen-bond acceptors (Lipinski definition) is 4. The highest BCUT2D eigenvalue weighted by Crippen LogP contribution is 2.35. The summed E-state index contributed by atoms with van der Waals surface area (Å²) in [7, 11) is 0. The molecule has 1 aromatic carbocycles. The molecule has 24 heavy (non-hydrogen) atoms. The molecule has 2 N–H and O–H groups in total. The van der Waals surface area contributed by atoms with Crippen molar-refractivity contribution in [3.63, 3.8) is 0 Å². The van der Waals surface area contributed by atoms with Gasteiger partial charge < -0.3 is 10.3 Å². The number of halogens is 3. The van der Waals surface area contributed by atoms with Crippen molar-refractivity contribution < 1.29 is 17.7 Å². The first-order valence-corrected chi connectivity index (χ1v) is 8.07. The van der Waals surface area contributed by atoms with Crippen LogP contribution in [0.15, 0.2) is 28.8 Å². The van der Waals surface area contributed by atoms with Gasteiger partial charge in [-0.15, -0.1) is 0 Å². The number of benzene rings is 1. The molecule has 1 heterocycles. The number of rotatable bonds is 4. The zero-order valence-corrected chi connectivity index (χ0v) is 13.4. The van der Waals surface area contributed by atoms with E-state index >= 15 is 0 Å². The second kappa shape index (κ2) is 6.20. The van der Waals surface area contributed by atoms with Crippen molar-refractivity contribution in [3.05, 3.63) is 47.1 Å². The quantitative estimate of drug-likeness (QED) is 0.908. The van der Waals surface area contributed by atoms with Crippen LogP contribution in [0.2, 0.25) is 0 Å². The molecular formula is C17H20F3N3O. The number of nitrogens with two attached hydrogens (primary N) is 1. The molecule has 1 aliphatic carbocycles. The van der Waals surface area contributed by atoms with Crippen molar-refractivity contribution in [3.8, 4) is 0 Å². The molecule has 1 saturated carbocycles. The summed E-state index contributed by atoms with van der Waals surface area (Å²) >= 11 is 0. The van der Waals surface area contributed by atoms with Crippen molar-refractivity contribution in [1.82, 2.24) is 10.1 Å². The summed E-state index contributed by atoms with van der Waals surface area (Å²) in [6.07, 6.45) is 0.0150. The van der Waals surface area contributed by atoms with E-state index in [0.717, 1.165) is 43.4 Å². The maximum atomic E-state index is 12.6. The third kappa shape index (κ3) is 3.45. The summed E-state index contributed by atoms with van der Waals surface area (Å²) in [4.78, 5) is 4.43. The van der Waals surface area contributed by atoms with Gasteiger partial charge in [0.05, 0.1) is 11.1 Å². The second-order valence-corrected chi connectivity index (χ2v) is 6.62. The van der Waals surface area contributed by atoms with Crippen molar-refractivity contribution in [1.29, 1.82) is 0 Å². The second-order valence-electron chi connectivity index (χ2n) is 6.62. The normalized spacial score (nSPS) is 18.7. The molecule has 1 unspecified atom stereocenters. The molecule has 1 atom stereocenters. The summed E-state index contributed by atoms with van der Waals surface area (Å²) in [6.45, 7) is 1.91. The zero-order chi connectivity index (χ0) is 17.4. The standard InChI is InChI=1S/C17H20F3N3O/c1-11(10-12-4-6-13(7-5-12)17(18,19)20)14-22-15(23-24-14)16(21)8-2-3-9-16/h4-7,11H,2-3,8-10,21H2,1H3. The van der Waals surface area contributed by atoms with Gasteiger partial charge in [0.2, 0.25) is 5.89 Å². The van der Waals surface area contributed by atoms with E-state index in [0.29, 0.717) is 18.1 Å². The number of aromatic nitrogens is 2. The Morgan fingerprint density at radius 2 is 1.83 bits per heavy atom. The lowest BCUT2D eigenvalue weighted by Gasteiger charge is -2.17. The lowest BCUT2D eigenvalue weighted by molar-refractivity contribution is -0.137. The number of alkyl halides is 3. The SMILES string of the molecule is CC(Cc1ccc(C(F)(F)F)cc1)c1nc(C2(N)CCCC2)no1. The molecule has 3 rings (SSSR count). The van der Waals surface area contributed by atoms with E-state index in [1.807, 2.05) is 6.92 Å². The average Bonchev–Trinajstić information content (AvgIpc) is 3.16. The molecule has 1 fully saturated rings. The minimum Gasteiger partial charge on any atom is -0.339 e. The van der Waals surface area contributed by atoms with Crippen LogP contribution in [0.3, 0.4) is 0 Å². The summed E-state index contributed by atoms with van der Waals surface area (Å²) in [6, 6.07) is 5.15. The molecule has 0 amide bonds. The van der Waals surface area contributed by atoms with E-state index < -0.39 is 17.3 Å². The highest BCUT2D eigenvalue weighted by Gasteiger charge is 2.36. The van der Waals surface area contributed by atoms with Gasteiger partial charge in [-0.25, -0.2) is 0 Å². The molecule has 7 heteroatoms. The van der Waals surface area contributed by atoms with Crippen LogP contribution in [0.1, 0.15) is 61.4 Å². The van der Waals surface area contributed by atoms with Crippen LogP contribution in [0.4, 0.5) is 13.2 Å². The van der Waals surface area contributed by atoms with Gasteiger partial charge in [-0.3, -0.25) is 0 Å². The first kappa shape index (κ1) is 17.0. The fourth-order valence-corrected chi connectivity index (χ4v) is 3.14. The van der Waals surface area contributed by atoms with Crippen LogP contribution in [0.5, 0.6) is 0 Å². The Labute approximate surface area is 138 Å². The monoisotopic (exact) mass is 339 g/mol. The van der Waals surface area contributed by atoms with Crippen LogP contribution in [-0.2, 0) is 18.1 Å². The molecule has 0 spiro atoms. The van der Waals surface area contributed by atoms with Gasteiger partial charge in [0.15, 0.2) is 5.82 Å². The number of nitrogens with zero attached hydrogens (tertiary/aromatic N) is 2. The minimum absolute atomic E-state index is 0.0898. The predicted molar refractivity (Wildman–Crippen MR) is 82.2 cm³/mol. The predicted octanol–water partition coefficient (Wildman–Crippen LogP) is 4.16. The third-order valence-electron chi connectivity index (χ3n) is 4.63. The van der Waals surface area contributed by atoms with Gasteiger partial charge in [0, 0.05) is 5.92 Å². The van der Waals surface area contributed by atoms with E-state index in [1.54, 1.807) is 0 Å². The molecule has 4 nitrogen and oxygen atoms in total. The molecule has 0 bridgehead atoms. The lowest BCUT2D eigenvalue weighted by Crippen LogP contribution is -2.34.